The molecule has 2 heterocycles. The van der Waals surface area contributed by atoms with Crippen LogP contribution in [-0.4, -0.2) is 77.1 Å². The van der Waals surface area contributed by atoms with Gasteiger partial charge in [0.2, 0.25) is 0 Å². The molecule has 0 bridgehead atoms. The second kappa shape index (κ2) is 11.9. The van der Waals surface area contributed by atoms with Gasteiger partial charge in [-0.15, -0.1) is 0 Å². The first kappa shape index (κ1) is 23.3. The van der Waals surface area contributed by atoms with E-state index in [-0.39, 0.29) is 5.41 Å². The van der Waals surface area contributed by atoms with Gasteiger partial charge in [0.15, 0.2) is 5.96 Å². The molecule has 7 heteroatoms. The number of aliphatic imine (C=N–C) groups is 1. The highest BCUT2D eigenvalue weighted by Gasteiger charge is 2.36. The predicted molar refractivity (Wildman–Crippen MR) is 124 cm³/mol. The maximum Gasteiger partial charge on any atom is 0.191 e. The number of methoxy groups -OCH3 is 1. The molecule has 0 radical (unpaired) electrons. The van der Waals surface area contributed by atoms with Gasteiger partial charge in [0, 0.05) is 76.6 Å². The first-order chi connectivity index (χ1) is 14.7. The molecule has 0 saturated carbocycles. The number of nitrogens with one attached hydrogen (secondary N) is 2. The smallest absolute Gasteiger partial charge is 0.191 e. The fourth-order valence-electron chi connectivity index (χ4n) is 4.57. The van der Waals surface area contributed by atoms with Gasteiger partial charge in [0.25, 0.3) is 0 Å². The van der Waals surface area contributed by atoms with Crippen molar-refractivity contribution in [3.63, 3.8) is 0 Å². The van der Waals surface area contributed by atoms with Gasteiger partial charge < -0.3 is 25.0 Å². The van der Waals surface area contributed by atoms with Gasteiger partial charge in [0.1, 0.15) is 0 Å². The molecule has 0 aliphatic carbocycles. The molecule has 0 aromatic heterocycles. The number of halogens is 1. The average Bonchev–Trinajstić information content (AvgIpc) is 2.79. The van der Waals surface area contributed by atoms with Crippen molar-refractivity contribution in [3.8, 4) is 0 Å². The minimum atomic E-state index is -0.0288. The molecule has 2 fully saturated rings. The Labute approximate surface area is 186 Å². The number of hydrogen-bond donors (Lipinski definition) is 2. The summed E-state index contributed by atoms with van der Waals surface area (Å²) in [5, 5.41) is 8.08. The largest absolute Gasteiger partial charge is 0.385 e. The molecule has 0 unspecified atom stereocenters. The molecule has 3 rings (SSSR count). The van der Waals surface area contributed by atoms with E-state index in [1.165, 1.54) is 5.56 Å². The molecule has 2 aliphatic rings. The molecular formula is C23H37ClN4O2. The van der Waals surface area contributed by atoms with E-state index in [1.54, 1.807) is 7.11 Å². The summed E-state index contributed by atoms with van der Waals surface area (Å²) < 4.78 is 10.8. The van der Waals surface area contributed by atoms with E-state index in [2.05, 4.69) is 32.7 Å². The lowest BCUT2D eigenvalue weighted by Crippen LogP contribution is -2.52. The van der Waals surface area contributed by atoms with Gasteiger partial charge in [0.05, 0.1) is 0 Å². The average molecular weight is 437 g/mol. The quantitative estimate of drug-likeness (QED) is 0.372. The molecule has 168 valence electrons. The molecule has 1 aromatic carbocycles. The third kappa shape index (κ3) is 6.33. The van der Waals surface area contributed by atoms with E-state index < -0.39 is 0 Å². The highest BCUT2D eigenvalue weighted by molar-refractivity contribution is 6.31. The third-order valence-corrected chi connectivity index (χ3v) is 6.79. The molecular weight excluding hydrogens is 400 g/mol. The number of piperidine rings is 1. The molecule has 0 spiro atoms. The minimum Gasteiger partial charge on any atom is -0.385 e. The van der Waals surface area contributed by atoms with Crippen LogP contribution in [0.25, 0.3) is 0 Å². The molecule has 0 amide bonds. The number of nitrogens with zero attached hydrogens (tertiary/aromatic N) is 2. The summed E-state index contributed by atoms with van der Waals surface area (Å²) >= 11 is 6.58. The van der Waals surface area contributed by atoms with Crippen LogP contribution in [0.2, 0.25) is 5.02 Å². The van der Waals surface area contributed by atoms with Crippen LogP contribution in [0.3, 0.4) is 0 Å². The van der Waals surface area contributed by atoms with E-state index in [1.807, 2.05) is 19.2 Å². The fraction of sp³-hybridized carbons (Fsp3) is 0.696. The SMILES string of the molecule is CN=C(NCC1(c2ccccc2Cl)CCOCC1)NC1CCN(CCCOC)CC1. The van der Waals surface area contributed by atoms with E-state index in [4.69, 9.17) is 21.1 Å². The Kier molecular flexibility index (Phi) is 9.25. The topological polar surface area (TPSA) is 58.1 Å². The normalized spacial score (nSPS) is 20.8. The fourth-order valence-corrected chi connectivity index (χ4v) is 4.91. The number of benzene rings is 1. The second-order valence-electron chi connectivity index (χ2n) is 8.40. The molecule has 6 nitrogen and oxygen atoms in total. The van der Waals surface area contributed by atoms with Crippen molar-refractivity contribution < 1.29 is 9.47 Å². The zero-order valence-corrected chi connectivity index (χ0v) is 19.2. The van der Waals surface area contributed by atoms with Crippen molar-refractivity contribution in [2.24, 2.45) is 4.99 Å². The highest BCUT2D eigenvalue weighted by atomic mass is 35.5. The Morgan fingerprint density at radius 3 is 2.67 bits per heavy atom. The number of rotatable bonds is 8. The van der Waals surface area contributed by atoms with Gasteiger partial charge in [-0.05, 0) is 43.7 Å². The van der Waals surface area contributed by atoms with Gasteiger partial charge in [-0.3, -0.25) is 4.99 Å². The first-order valence-corrected chi connectivity index (χ1v) is 11.6. The van der Waals surface area contributed by atoms with E-state index >= 15 is 0 Å². The summed E-state index contributed by atoms with van der Waals surface area (Å²) in [5.41, 5.74) is 1.18. The monoisotopic (exact) mass is 436 g/mol. The van der Waals surface area contributed by atoms with Crippen LogP contribution in [0.1, 0.15) is 37.7 Å². The maximum absolute atomic E-state index is 6.58. The van der Waals surface area contributed by atoms with Crippen molar-refractivity contribution >= 4 is 17.6 Å². The molecule has 2 aliphatic heterocycles. The predicted octanol–water partition coefficient (Wildman–Crippen LogP) is 3.05. The highest BCUT2D eigenvalue weighted by Crippen LogP contribution is 2.38. The Morgan fingerprint density at radius 2 is 2.00 bits per heavy atom. The maximum atomic E-state index is 6.58. The van der Waals surface area contributed by atoms with Crippen molar-refractivity contribution in [1.29, 1.82) is 0 Å². The van der Waals surface area contributed by atoms with E-state index in [0.29, 0.717) is 6.04 Å². The standard InChI is InChI=1S/C23H37ClN4O2/c1-25-22(27-19-8-13-28(14-9-19)12-5-15-29-2)26-18-23(10-16-30-17-11-23)20-6-3-4-7-21(20)24/h3-4,6-7,19H,5,8-18H2,1-2H3,(H2,25,26,27). The number of guanidine groups is 1. The van der Waals surface area contributed by atoms with Gasteiger partial charge in [-0.1, -0.05) is 29.8 Å². The Balaban J connectivity index is 1.53. The summed E-state index contributed by atoms with van der Waals surface area (Å²) in [6.07, 6.45) is 5.29. The number of ether oxygens (including phenoxy) is 2. The molecule has 1 aromatic rings. The second-order valence-corrected chi connectivity index (χ2v) is 8.81. The molecule has 30 heavy (non-hydrogen) atoms. The number of hydrogen-bond acceptors (Lipinski definition) is 4. The molecule has 2 saturated heterocycles. The Hall–Kier alpha value is -1.34. The van der Waals surface area contributed by atoms with Crippen molar-refractivity contribution in [2.45, 2.75) is 43.6 Å². The zero-order chi connectivity index (χ0) is 21.2. The van der Waals surface area contributed by atoms with E-state index in [9.17, 15) is 0 Å². The van der Waals surface area contributed by atoms with Crippen molar-refractivity contribution in [2.75, 3.05) is 60.2 Å². The van der Waals surface area contributed by atoms with Gasteiger partial charge in [-0.25, -0.2) is 0 Å². The lowest BCUT2D eigenvalue weighted by Gasteiger charge is -2.39. The van der Waals surface area contributed by atoms with Crippen molar-refractivity contribution in [1.82, 2.24) is 15.5 Å². The summed E-state index contributed by atoms with van der Waals surface area (Å²) in [5.74, 6) is 0.880. The molecule has 2 N–H and O–H groups in total. The van der Waals surface area contributed by atoms with Crippen LogP contribution in [0.15, 0.2) is 29.3 Å². The van der Waals surface area contributed by atoms with Crippen LogP contribution >= 0.6 is 11.6 Å². The lowest BCUT2D eigenvalue weighted by molar-refractivity contribution is 0.0514. The lowest BCUT2D eigenvalue weighted by atomic mass is 9.74. The first-order valence-electron chi connectivity index (χ1n) is 11.2. The summed E-state index contributed by atoms with van der Waals surface area (Å²) in [6.45, 7) is 6.54. The van der Waals surface area contributed by atoms with Crippen LogP contribution in [0.4, 0.5) is 0 Å². The summed E-state index contributed by atoms with van der Waals surface area (Å²) in [4.78, 5) is 7.02. The van der Waals surface area contributed by atoms with Crippen LogP contribution in [0, 0.1) is 0 Å². The number of likely N-dealkylation sites (tertiary alicyclic amines) is 1. The summed E-state index contributed by atoms with van der Waals surface area (Å²) in [6, 6.07) is 8.67. The van der Waals surface area contributed by atoms with Gasteiger partial charge >= 0.3 is 0 Å². The zero-order valence-electron chi connectivity index (χ0n) is 18.5. The van der Waals surface area contributed by atoms with Gasteiger partial charge in [-0.2, -0.15) is 0 Å². The molecule has 0 atom stereocenters. The van der Waals surface area contributed by atoms with Crippen molar-refractivity contribution in [3.05, 3.63) is 34.9 Å². The van der Waals surface area contributed by atoms with E-state index in [0.717, 1.165) is 89.1 Å². The summed E-state index contributed by atoms with van der Waals surface area (Å²) in [7, 11) is 3.62. The Bertz CT molecular complexity index is 671. The third-order valence-electron chi connectivity index (χ3n) is 6.46. The van der Waals surface area contributed by atoms with Crippen LogP contribution in [0.5, 0.6) is 0 Å². The minimum absolute atomic E-state index is 0.0288. The Morgan fingerprint density at radius 1 is 1.27 bits per heavy atom. The van der Waals surface area contributed by atoms with Crippen LogP contribution < -0.4 is 10.6 Å². The van der Waals surface area contributed by atoms with Crippen LogP contribution in [-0.2, 0) is 14.9 Å².